The molecule has 1 N–H and O–H groups in total. The van der Waals surface area contributed by atoms with Crippen molar-refractivity contribution in [2.24, 2.45) is 0 Å². The summed E-state index contributed by atoms with van der Waals surface area (Å²) in [6.07, 6.45) is 10.8. The van der Waals surface area contributed by atoms with Crippen molar-refractivity contribution in [3.8, 4) is 0 Å². The van der Waals surface area contributed by atoms with E-state index in [9.17, 15) is 4.79 Å². The van der Waals surface area contributed by atoms with Gasteiger partial charge in [-0.05, 0) is 80.8 Å². The molecule has 2 aromatic heterocycles. The lowest BCUT2D eigenvalue weighted by molar-refractivity contribution is 0.0706. The van der Waals surface area contributed by atoms with Crippen molar-refractivity contribution in [2.45, 2.75) is 76.7 Å². The molecule has 8 nitrogen and oxygen atoms in total. The summed E-state index contributed by atoms with van der Waals surface area (Å²) in [4.78, 5) is 22.6. The van der Waals surface area contributed by atoms with E-state index in [0.29, 0.717) is 39.0 Å². The highest BCUT2D eigenvalue weighted by Gasteiger charge is 2.39. The molecule has 4 aromatic rings. The molecule has 0 fully saturated rings. The molecule has 238 valence electrons. The van der Waals surface area contributed by atoms with Gasteiger partial charge in [0.25, 0.3) is 0 Å². The van der Waals surface area contributed by atoms with Gasteiger partial charge in [-0.15, -0.1) is 11.8 Å². The highest BCUT2D eigenvalue weighted by atomic mass is 32.2. The van der Waals surface area contributed by atoms with Gasteiger partial charge in [0.15, 0.2) is 0 Å². The number of nitrogens with one attached hydrogen (secondary N) is 1. The van der Waals surface area contributed by atoms with E-state index in [0.717, 1.165) is 53.2 Å². The van der Waals surface area contributed by atoms with Gasteiger partial charge in [0.2, 0.25) is 0 Å². The van der Waals surface area contributed by atoms with Crippen LogP contribution in [0.1, 0.15) is 65.7 Å². The number of carbonyl (C=O) groups excluding carboxylic acids is 1. The topological polar surface area (TPSA) is 91.8 Å². The standard InChI is InChI=1S/C34H47N3O5SSi/c1-4-40-44(41-5-2,42-6-3)25-15-22-37-34(38)39-23-11-9-7-8-10-12-24-43-27-18-19-28-29-16-13-20-35-32(29)33-30(31(28)26-27)17-14-21-36-33/h13-14,16-21,26H,4-12,15,22-25H2,1-3H3,(H,37,38). The summed E-state index contributed by atoms with van der Waals surface area (Å²) < 4.78 is 22.9. The molecule has 0 saturated heterocycles. The lowest BCUT2D eigenvalue weighted by Gasteiger charge is -2.28. The molecular formula is C34H47N3O5SSi. The second kappa shape index (κ2) is 18.3. The Morgan fingerprint density at radius 3 is 2.02 bits per heavy atom. The second-order valence-electron chi connectivity index (χ2n) is 10.6. The lowest BCUT2D eigenvalue weighted by Crippen LogP contribution is -2.46. The van der Waals surface area contributed by atoms with Crippen LogP contribution in [0.25, 0.3) is 32.6 Å². The highest BCUT2D eigenvalue weighted by Crippen LogP contribution is 2.35. The van der Waals surface area contributed by atoms with Gasteiger partial charge in [0, 0.05) is 60.5 Å². The second-order valence-corrected chi connectivity index (χ2v) is 14.5. The van der Waals surface area contributed by atoms with Crippen LogP contribution in [0.3, 0.4) is 0 Å². The number of unbranched alkanes of at least 4 members (excludes halogenated alkanes) is 5. The first-order valence-electron chi connectivity index (χ1n) is 16.1. The van der Waals surface area contributed by atoms with Crippen molar-refractivity contribution in [3.05, 3.63) is 54.9 Å². The Hall–Kier alpha value is -2.76. The molecule has 0 aliphatic carbocycles. The summed E-state index contributed by atoms with van der Waals surface area (Å²) in [6, 6.07) is 15.7. The van der Waals surface area contributed by atoms with Crippen LogP contribution < -0.4 is 5.32 Å². The number of amides is 1. The first-order chi connectivity index (χ1) is 21.6. The SMILES string of the molecule is CCO[Si](CCCNC(=O)OCCCCCCCCSc1ccc2c(c1)c1cccnc1c1ncccc21)(OCC)OCC. The first-order valence-corrected chi connectivity index (χ1v) is 19.0. The predicted octanol–water partition coefficient (Wildman–Crippen LogP) is 8.53. The molecule has 0 aliphatic heterocycles. The van der Waals surface area contributed by atoms with E-state index in [2.05, 4.69) is 45.6 Å². The maximum Gasteiger partial charge on any atom is 0.500 e. The fourth-order valence-corrected chi connectivity index (χ4v) is 9.07. The van der Waals surface area contributed by atoms with Gasteiger partial charge in [0.1, 0.15) is 0 Å². The van der Waals surface area contributed by atoms with Gasteiger partial charge in [0.05, 0.1) is 17.6 Å². The van der Waals surface area contributed by atoms with E-state index >= 15 is 0 Å². The van der Waals surface area contributed by atoms with Crippen molar-refractivity contribution in [3.63, 3.8) is 0 Å². The number of thioether (sulfide) groups is 1. The van der Waals surface area contributed by atoms with Gasteiger partial charge < -0.3 is 23.3 Å². The zero-order valence-electron chi connectivity index (χ0n) is 26.4. The van der Waals surface area contributed by atoms with Gasteiger partial charge in [-0.3, -0.25) is 9.97 Å². The molecule has 0 spiro atoms. The Balaban J connectivity index is 1.08. The molecule has 0 bridgehead atoms. The number of carbonyl (C=O) groups is 1. The molecule has 4 rings (SSSR count). The molecule has 10 heteroatoms. The van der Waals surface area contributed by atoms with Gasteiger partial charge in [-0.2, -0.15) is 0 Å². The summed E-state index contributed by atoms with van der Waals surface area (Å²) in [5.41, 5.74) is 1.93. The van der Waals surface area contributed by atoms with Crippen molar-refractivity contribution < 1.29 is 22.8 Å². The molecule has 0 unspecified atom stereocenters. The van der Waals surface area contributed by atoms with Crippen molar-refractivity contribution in [1.29, 1.82) is 0 Å². The van der Waals surface area contributed by atoms with Gasteiger partial charge >= 0.3 is 14.9 Å². The van der Waals surface area contributed by atoms with Crippen LogP contribution in [0, 0.1) is 0 Å². The van der Waals surface area contributed by atoms with Crippen LogP contribution in [0.4, 0.5) is 4.79 Å². The number of fused-ring (bicyclic) bond motifs is 6. The third-order valence-electron chi connectivity index (χ3n) is 7.47. The van der Waals surface area contributed by atoms with Crippen molar-refractivity contribution in [2.75, 3.05) is 38.7 Å². The number of aromatic nitrogens is 2. The summed E-state index contributed by atoms with van der Waals surface area (Å²) in [6.45, 7) is 8.47. The zero-order valence-corrected chi connectivity index (χ0v) is 28.3. The van der Waals surface area contributed by atoms with Crippen molar-refractivity contribution in [1.82, 2.24) is 15.3 Å². The summed E-state index contributed by atoms with van der Waals surface area (Å²) in [7, 11) is -2.66. The van der Waals surface area contributed by atoms with E-state index < -0.39 is 8.80 Å². The highest BCUT2D eigenvalue weighted by molar-refractivity contribution is 7.99. The Labute approximate surface area is 267 Å². The number of rotatable bonds is 20. The van der Waals surface area contributed by atoms with E-state index in [1.807, 2.05) is 57.1 Å². The summed E-state index contributed by atoms with van der Waals surface area (Å²) in [5, 5.41) is 7.60. The molecule has 0 atom stereocenters. The maximum atomic E-state index is 12.0. The third kappa shape index (κ3) is 9.62. The molecular weight excluding hydrogens is 591 g/mol. The summed E-state index contributed by atoms with van der Waals surface area (Å²) >= 11 is 1.92. The Morgan fingerprint density at radius 1 is 0.750 bits per heavy atom. The smallest absolute Gasteiger partial charge is 0.450 e. The Kier molecular flexibility index (Phi) is 14.2. The molecule has 0 radical (unpaired) electrons. The van der Waals surface area contributed by atoms with Crippen LogP contribution in [-0.2, 0) is 18.0 Å². The number of nitrogens with zero attached hydrogens (tertiary/aromatic N) is 2. The monoisotopic (exact) mass is 637 g/mol. The zero-order chi connectivity index (χ0) is 31.0. The fraction of sp³-hybridized carbons (Fsp3) is 0.500. The van der Waals surface area contributed by atoms with E-state index in [1.165, 1.54) is 34.9 Å². The first kappa shape index (κ1) is 34.1. The van der Waals surface area contributed by atoms with Crippen LogP contribution >= 0.6 is 11.8 Å². The minimum Gasteiger partial charge on any atom is -0.450 e. The van der Waals surface area contributed by atoms with Crippen LogP contribution in [0.15, 0.2) is 59.8 Å². The Bertz CT molecular complexity index is 1420. The number of hydrogen-bond acceptors (Lipinski definition) is 8. The molecule has 1 amide bonds. The van der Waals surface area contributed by atoms with Crippen molar-refractivity contribution >= 4 is 59.2 Å². The number of alkyl carbamates (subject to hydrolysis) is 1. The average molecular weight is 638 g/mol. The largest absolute Gasteiger partial charge is 0.500 e. The van der Waals surface area contributed by atoms with Crippen LogP contribution in [0.2, 0.25) is 6.04 Å². The lowest BCUT2D eigenvalue weighted by atomic mass is 10.0. The minimum atomic E-state index is -2.66. The predicted molar refractivity (Wildman–Crippen MR) is 182 cm³/mol. The van der Waals surface area contributed by atoms with E-state index in [4.69, 9.17) is 18.0 Å². The minimum absolute atomic E-state index is 0.360. The summed E-state index contributed by atoms with van der Waals surface area (Å²) in [5.74, 6) is 1.10. The number of ether oxygens (including phenoxy) is 1. The van der Waals surface area contributed by atoms with Crippen LogP contribution in [0.5, 0.6) is 0 Å². The molecule has 0 aliphatic rings. The van der Waals surface area contributed by atoms with E-state index in [1.54, 1.807) is 0 Å². The van der Waals surface area contributed by atoms with Crippen LogP contribution in [-0.4, -0.2) is 63.6 Å². The fourth-order valence-electron chi connectivity index (χ4n) is 5.51. The molecule has 44 heavy (non-hydrogen) atoms. The normalized spacial score (nSPS) is 11.9. The number of benzene rings is 2. The Morgan fingerprint density at radius 2 is 1.36 bits per heavy atom. The van der Waals surface area contributed by atoms with E-state index in [-0.39, 0.29) is 6.09 Å². The van der Waals surface area contributed by atoms with Gasteiger partial charge in [-0.25, -0.2) is 4.79 Å². The van der Waals surface area contributed by atoms with Gasteiger partial charge in [-0.1, -0.05) is 43.9 Å². The molecule has 2 heterocycles. The number of hydrogen-bond donors (Lipinski definition) is 1. The maximum absolute atomic E-state index is 12.0. The quantitative estimate of drug-likeness (QED) is 0.0446. The average Bonchev–Trinajstić information content (AvgIpc) is 3.04. The number of pyridine rings is 2. The third-order valence-corrected chi connectivity index (χ3v) is 11.7. The molecule has 0 saturated carbocycles. The molecule has 2 aromatic carbocycles.